The first-order valence-corrected chi connectivity index (χ1v) is 5.64. The molecule has 0 radical (unpaired) electrons. The largest absolute Gasteiger partial charge is 0.465 e. The van der Waals surface area contributed by atoms with Gasteiger partial charge in [-0.3, -0.25) is 0 Å². The molecule has 19 heavy (non-hydrogen) atoms. The van der Waals surface area contributed by atoms with Gasteiger partial charge in [-0.05, 0) is 18.6 Å². The second-order valence-corrected chi connectivity index (χ2v) is 4.10. The van der Waals surface area contributed by atoms with Crippen molar-refractivity contribution in [3.63, 3.8) is 0 Å². The molecule has 1 unspecified atom stereocenters. The van der Waals surface area contributed by atoms with Gasteiger partial charge >= 0.3 is 6.18 Å². The molecule has 3 nitrogen and oxygen atoms in total. The van der Waals surface area contributed by atoms with E-state index >= 15 is 0 Å². The maximum absolute atomic E-state index is 12.4. The third-order valence-corrected chi connectivity index (χ3v) is 2.71. The number of fused-ring (bicyclic) bond motifs is 1. The molecule has 0 bridgehead atoms. The van der Waals surface area contributed by atoms with E-state index in [1.807, 2.05) is 0 Å². The number of aliphatic hydroxyl groups is 1. The van der Waals surface area contributed by atoms with Crippen molar-refractivity contribution in [2.75, 3.05) is 0 Å². The van der Waals surface area contributed by atoms with E-state index in [-0.39, 0.29) is 12.5 Å². The number of hydrogen-bond acceptors (Lipinski definition) is 3. The van der Waals surface area contributed by atoms with Crippen LogP contribution in [0, 0.1) is 0 Å². The molecule has 0 aliphatic rings. The maximum atomic E-state index is 12.4. The number of alkyl halides is 3. The van der Waals surface area contributed by atoms with E-state index < -0.39 is 12.3 Å². The first kappa shape index (κ1) is 13.6. The van der Waals surface area contributed by atoms with Gasteiger partial charge < -0.3 is 9.84 Å². The number of aromatic nitrogens is 1. The van der Waals surface area contributed by atoms with E-state index in [1.165, 1.54) is 6.07 Å². The molecule has 6 heteroatoms. The molecular formula is C13H12F3NO2. The fourth-order valence-electron chi connectivity index (χ4n) is 1.66. The van der Waals surface area contributed by atoms with Gasteiger partial charge in [0.25, 0.3) is 0 Å². The average molecular weight is 271 g/mol. The van der Waals surface area contributed by atoms with E-state index in [0.29, 0.717) is 16.5 Å². The van der Waals surface area contributed by atoms with Crippen LogP contribution in [0.25, 0.3) is 10.9 Å². The van der Waals surface area contributed by atoms with Crippen molar-refractivity contribution in [3.8, 4) is 5.88 Å². The van der Waals surface area contributed by atoms with Crippen LogP contribution in [0.1, 0.15) is 12.5 Å². The summed E-state index contributed by atoms with van der Waals surface area (Å²) in [6.07, 6.45) is -6.40. The highest BCUT2D eigenvalue weighted by Gasteiger charge is 2.38. The summed E-state index contributed by atoms with van der Waals surface area (Å²) in [6, 6.07) is 8.20. The monoisotopic (exact) mass is 271 g/mol. The average Bonchev–Trinajstić information content (AvgIpc) is 2.36. The number of halogens is 3. The SMILES string of the molecule is CC(Oc1cc(CO)c2ccccc2n1)C(F)(F)F. The minimum atomic E-state index is -4.45. The molecular weight excluding hydrogens is 259 g/mol. The lowest BCUT2D eigenvalue weighted by Crippen LogP contribution is -2.31. The molecule has 1 heterocycles. The summed E-state index contributed by atoms with van der Waals surface area (Å²) in [6.45, 7) is 0.620. The van der Waals surface area contributed by atoms with Gasteiger partial charge in [-0.2, -0.15) is 13.2 Å². The third-order valence-electron chi connectivity index (χ3n) is 2.71. The maximum Gasteiger partial charge on any atom is 0.425 e. The fourth-order valence-corrected chi connectivity index (χ4v) is 1.66. The molecule has 0 aliphatic carbocycles. The number of pyridine rings is 1. The molecule has 0 aliphatic heterocycles. The van der Waals surface area contributed by atoms with Crippen LogP contribution >= 0.6 is 0 Å². The Balaban J connectivity index is 2.40. The summed E-state index contributed by atoms with van der Waals surface area (Å²) in [5.74, 6) is -0.146. The summed E-state index contributed by atoms with van der Waals surface area (Å²) >= 11 is 0. The third kappa shape index (κ3) is 2.96. The summed E-state index contributed by atoms with van der Waals surface area (Å²) in [5.41, 5.74) is 0.966. The van der Waals surface area contributed by atoms with Crippen molar-refractivity contribution in [2.45, 2.75) is 25.8 Å². The van der Waals surface area contributed by atoms with Gasteiger partial charge in [0.2, 0.25) is 5.88 Å². The number of benzene rings is 1. The molecule has 0 fully saturated rings. The lowest BCUT2D eigenvalue weighted by Gasteiger charge is -2.17. The van der Waals surface area contributed by atoms with E-state index in [0.717, 1.165) is 6.92 Å². The number of ether oxygens (including phenoxy) is 1. The van der Waals surface area contributed by atoms with Crippen molar-refractivity contribution in [2.24, 2.45) is 0 Å². The summed E-state index contributed by atoms with van der Waals surface area (Å²) < 4.78 is 42.1. The molecule has 0 saturated carbocycles. The van der Waals surface area contributed by atoms with Crippen LogP contribution in [0.15, 0.2) is 30.3 Å². The zero-order chi connectivity index (χ0) is 14.0. The molecule has 0 saturated heterocycles. The molecule has 1 aromatic heterocycles. The summed E-state index contributed by atoms with van der Waals surface area (Å²) in [7, 11) is 0. The highest BCUT2D eigenvalue weighted by atomic mass is 19.4. The first-order valence-electron chi connectivity index (χ1n) is 5.64. The van der Waals surface area contributed by atoms with Gasteiger partial charge in [-0.15, -0.1) is 0 Å². The molecule has 1 atom stereocenters. The van der Waals surface area contributed by atoms with Crippen LogP contribution in [0.2, 0.25) is 0 Å². The molecule has 1 N–H and O–H groups in total. The van der Waals surface area contributed by atoms with Crippen LogP contribution in [-0.2, 0) is 6.61 Å². The van der Waals surface area contributed by atoms with Crippen LogP contribution in [0.4, 0.5) is 13.2 Å². The van der Waals surface area contributed by atoms with Gasteiger partial charge in [-0.1, -0.05) is 18.2 Å². The Hall–Kier alpha value is -1.82. The Morgan fingerprint density at radius 1 is 1.32 bits per heavy atom. The smallest absolute Gasteiger partial charge is 0.425 e. The van der Waals surface area contributed by atoms with Gasteiger partial charge in [0.1, 0.15) is 0 Å². The Morgan fingerprint density at radius 2 is 2.00 bits per heavy atom. The van der Waals surface area contributed by atoms with Gasteiger partial charge in [0.15, 0.2) is 6.10 Å². The van der Waals surface area contributed by atoms with Crippen LogP contribution < -0.4 is 4.74 Å². The summed E-state index contributed by atoms with van der Waals surface area (Å²) in [5, 5.41) is 9.94. The topological polar surface area (TPSA) is 42.4 Å². The molecule has 102 valence electrons. The lowest BCUT2D eigenvalue weighted by atomic mass is 10.1. The molecule has 0 amide bonds. The van der Waals surface area contributed by atoms with Crippen LogP contribution in [-0.4, -0.2) is 22.4 Å². The fraction of sp³-hybridized carbons (Fsp3) is 0.308. The number of hydrogen-bond donors (Lipinski definition) is 1. The van der Waals surface area contributed by atoms with Gasteiger partial charge in [0.05, 0.1) is 12.1 Å². The van der Waals surface area contributed by atoms with Crippen LogP contribution in [0.3, 0.4) is 0 Å². The normalized spacial score (nSPS) is 13.5. The van der Waals surface area contributed by atoms with Crippen molar-refractivity contribution >= 4 is 10.9 Å². The predicted octanol–water partition coefficient (Wildman–Crippen LogP) is 3.06. The Kier molecular flexibility index (Phi) is 3.61. The number of para-hydroxylation sites is 1. The molecule has 0 spiro atoms. The van der Waals surface area contributed by atoms with Crippen LogP contribution in [0.5, 0.6) is 5.88 Å². The Bertz CT molecular complexity index is 584. The van der Waals surface area contributed by atoms with E-state index in [1.54, 1.807) is 24.3 Å². The predicted molar refractivity (Wildman–Crippen MR) is 63.8 cm³/mol. The van der Waals surface area contributed by atoms with E-state index in [2.05, 4.69) is 4.98 Å². The molecule has 1 aromatic carbocycles. The highest BCUT2D eigenvalue weighted by molar-refractivity contribution is 5.82. The second-order valence-electron chi connectivity index (χ2n) is 4.10. The van der Waals surface area contributed by atoms with E-state index in [4.69, 9.17) is 4.74 Å². The van der Waals surface area contributed by atoms with E-state index in [9.17, 15) is 18.3 Å². The Morgan fingerprint density at radius 3 is 2.63 bits per heavy atom. The summed E-state index contributed by atoms with van der Waals surface area (Å²) in [4.78, 5) is 4.00. The minimum Gasteiger partial charge on any atom is -0.465 e. The number of aliphatic hydroxyl groups excluding tert-OH is 1. The number of rotatable bonds is 3. The minimum absolute atomic E-state index is 0.146. The van der Waals surface area contributed by atoms with Gasteiger partial charge in [0, 0.05) is 11.5 Å². The van der Waals surface area contributed by atoms with Crippen molar-refractivity contribution in [1.82, 2.24) is 4.98 Å². The van der Waals surface area contributed by atoms with Crippen molar-refractivity contribution in [1.29, 1.82) is 0 Å². The highest BCUT2D eigenvalue weighted by Crippen LogP contribution is 2.27. The van der Waals surface area contributed by atoms with Gasteiger partial charge in [-0.25, -0.2) is 4.98 Å². The molecule has 2 aromatic rings. The van der Waals surface area contributed by atoms with Crippen molar-refractivity contribution in [3.05, 3.63) is 35.9 Å². The zero-order valence-corrected chi connectivity index (χ0v) is 10.1. The zero-order valence-electron chi connectivity index (χ0n) is 10.1. The lowest BCUT2D eigenvalue weighted by molar-refractivity contribution is -0.189. The quantitative estimate of drug-likeness (QED) is 0.933. The molecule has 2 rings (SSSR count). The van der Waals surface area contributed by atoms with Crippen molar-refractivity contribution < 1.29 is 23.0 Å². The second kappa shape index (κ2) is 5.05. The number of nitrogens with zero attached hydrogens (tertiary/aromatic N) is 1. The first-order chi connectivity index (χ1) is 8.91. The standard InChI is InChI=1S/C13H12F3NO2/c1-8(13(14,15)16)19-12-6-9(7-18)10-4-2-3-5-11(10)17-12/h2-6,8,18H,7H2,1H3. The Labute approximate surface area is 107 Å².